The Hall–Kier alpha value is -2.76. The van der Waals surface area contributed by atoms with Crippen molar-refractivity contribution >= 4 is 17.6 Å². The van der Waals surface area contributed by atoms with E-state index in [1.807, 2.05) is 32.0 Å². The summed E-state index contributed by atoms with van der Waals surface area (Å²) in [7, 11) is 0. The van der Waals surface area contributed by atoms with Crippen LogP contribution in [-0.2, 0) is 20.7 Å². The summed E-state index contributed by atoms with van der Waals surface area (Å²) >= 11 is 0. The monoisotopic (exact) mass is 333 g/mol. The van der Waals surface area contributed by atoms with Crippen LogP contribution in [0, 0.1) is 25.5 Å². The Bertz CT molecular complexity index is 709. The van der Waals surface area contributed by atoms with Crippen LogP contribution in [0.1, 0.15) is 16.7 Å². The summed E-state index contributed by atoms with van der Waals surface area (Å²) in [5.74, 6) is -3.25. The molecule has 2 aromatic rings. The molecular weight excluding hydrogens is 316 g/mol. The van der Waals surface area contributed by atoms with Crippen molar-refractivity contribution in [3.05, 3.63) is 64.7 Å². The number of carbonyl (C=O) groups excluding carboxylic acids is 2. The first-order valence-corrected chi connectivity index (χ1v) is 7.32. The molecule has 1 amide bonds. The average Bonchev–Trinajstić information content (AvgIpc) is 2.53. The topological polar surface area (TPSA) is 55.4 Å². The molecule has 0 aliphatic rings. The minimum absolute atomic E-state index is 0.0551. The van der Waals surface area contributed by atoms with E-state index in [-0.39, 0.29) is 12.1 Å². The van der Waals surface area contributed by atoms with Gasteiger partial charge in [-0.25, -0.2) is 8.78 Å². The molecular formula is C18H17F2NO3. The maximum Gasteiger partial charge on any atom is 0.310 e. The summed E-state index contributed by atoms with van der Waals surface area (Å²) in [5.41, 5.74) is 3.07. The van der Waals surface area contributed by atoms with E-state index in [1.54, 1.807) is 0 Å². The largest absolute Gasteiger partial charge is 0.455 e. The quantitative estimate of drug-likeness (QED) is 0.854. The number of amides is 1. The zero-order valence-corrected chi connectivity index (χ0v) is 13.4. The van der Waals surface area contributed by atoms with Gasteiger partial charge in [-0.1, -0.05) is 18.2 Å². The van der Waals surface area contributed by atoms with Gasteiger partial charge in [0.25, 0.3) is 5.91 Å². The zero-order chi connectivity index (χ0) is 17.7. The Morgan fingerprint density at radius 1 is 1.00 bits per heavy atom. The highest BCUT2D eigenvalue weighted by Gasteiger charge is 2.10. The highest BCUT2D eigenvalue weighted by molar-refractivity contribution is 5.92. The fourth-order valence-corrected chi connectivity index (χ4v) is 2.05. The normalized spacial score (nSPS) is 10.3. The van der Waals surface area contributed by atoms with Gasteiger partial charge in [0, 0.05) is 11.8 Å². The summed E-state index contributed by atoms with van der Waals surface area (Å²) in [4.78, 5) is 23.4. The minimum Gasteiger partial charge on any atom is -0.455 e. The predicted octanol–water partition coefficient (Wildman–Crippen LogP) is 3.31. The number of anilines is 1. The number of rotatable bonds is 5. The molecule has 0 unspecified atom stereocenters. The van der Waals surface area contributed by atoms with Crippen molar-refractivity contribution in [1.29, 1.82) is 0 Å². The van der Waals surface area contributed by atoms with Crippen LogP contribution in [-0.4, -0.2) is 18.5 Å². The first kappa shape index (κ1) is 17.6. The van der Waals surface area contributed by atoms with Crippen molar-refractivity contribution in [2.75, 3.05) is 11.9 Å². The fourth-order valence-electron chi connectivity index (χ4n) is 2.05. The van der Waals surface area contributed by atoms with Gasteiger partial charge in [-0.2, -0.15) is 0 Å². The molecule has 0 radical (unpaired) electrons. The third-order valence-corrected chi connectivity index (χ3v) is 3.49. The third kappa shape index (κ3) is 4.87. The van der Waals surface area contributed by atoms with Gasteiger partial charge in [-0.05, 0) is 42.7 Å². The smallest absolute Gasteiger partial charge is 0.310 e. The van der Waals surface area contributed by atoms with Gasteiger partial charge in [0.15, 0.2) is 18.2 Å². The van der Waals surface area contributed by atoms with Crippen LogP contribution in [0.4, 0.5) is 14.5 Å². The van der Waals surface area contributed by atoms with E-state index < -0.39 is 30.1 Å². The minimum atomic E-state index is -1.07. The van der Waals surface area contributed by atoms with Crippen LogP contribution in [0.3, 0.4) is 0 Å². The predicted molar refractivity (Wildman–Crippen MR) is 85.6 cm³/mol. The first-order chi connectivity index (χ1) is 11.3. The molecule has 24 heavy (non-hydrogen) atoms. The molecule has 0 atom stereocenters. The molecule has 0 aromatic heterocycles. The standard InChI is InChI=1S/C18H17F2NO3/c1-11-3-4-13(7-12(11)2)8-18(23)24-10-17(22)21-14-5-6-15(19)16(20)9-14/h3-7,9H,8,10H2,1-2H3,(H,21,22). The number of esters is 1. The number of carbonyl (C=O) groups is 2. The molecule has 6 heteroatoms. The fraction of sp³-hybridized carbons (Fsp3) is 0.222. The highest BCUT2D eigenvalue weighted by atomic mass is 19.2. The summed E-state index contributed by atoms with van der Waals surface area (Å²) in [6.45, 7) is 3.42. The second-order valence-corrected chi connectivity index (χ2v) is 5.43. The highest BCUT2D eigenvalue weighted by Crippen LogP contribution is 2.13. The van der Waals surface area contributed by atoms with Gasteiger partial charge in [0.1, 0.15) is 0 Å². The molecule has 0 saturated heterocycles. The second kappa shape index (κ2) is 7.68. The second-order valence-electron chi connectivity index (χ2n) is 5.43. The zero-order valence-electron chi connectivity index (χ0n) is 13.4. The van der Waals surface area contributed by atoms with E-state index in [9.17, 15) is 18.4 Å². The molecule has 0 spiro atoms. The van der Waals surface area contributed by atoms with Crippen LogP contribution in [0.5, 0.6) is 0 Å². The molecule has 1 N–H and O–H groups in total. The Labute approximate surface area is 138 Å². The van der Waals surface area contributed by atoms with Crippen LogP contribution in [0.2, 0.25) is 0 Å². The average molecular weight is 333 g/mol. The SMILES string of the molecule is Cc1ccc(CC(=O)OCC(=O)Nc2ccc(F)c(F)c2)cc1C. The molecule has 0 bridgehead atoms. The van der Waals surface area contributed by atoms with Crippen LogP contribution in [0.15, 0.2) is 36.4 Å². The van der Waals surface area contributed by atoms with E-state index in [4.69, 9.17) is 4.74 Å². The van der Waals surface area contributed by atoms with Crippen LogP contribution >= 0.6 is 0 Å². The Balaban J connectivity index is 1.83. The number of aryl methyl sites for hydroxylation is 2. The lowest BCUT2D eigenvalue weighted by atomic mass is 10.0. The number of benzene rings is 2. The molecule has 0 aliphatic heterocycles. The van der Waals surface area contributed by atoms with E-state index in [1.165, 1.54) is 6.07 Å². The summed E-state index contributed by atoms with van der Waals surface area (Å²) in [6.07, 6.45) is 0.0551. The Kier molecular flexibility index (Phi) is 5.63. The van der Waals surface area contributed by atoms with E-state index in [0.29, 0.717) is 0 Å². The number of halogens is 2. The maximum atomic E-state index is 13.0. The van der Waals surface area contributed by atoms with E-state index in [0.717, 1.165) is 28.8 Å². The van der Waals surface area contributed by atoms with Crippen LogP contribution < -0.4 is 5.32 Å². The summed E-state index contributed by atoms with van der Waals surface area (Å²) in [5, 5.41) is 2.32. The van der Waals surface area contributed by atoms with E-state index >= 15 is 0 Å². The van der Waals surface area contributed by atoms with Crippen molar-refractivity contribution in [3.8, 4) is 0 Å². The van der Waals surface area contributed by atoms with Gasteiger partial charge in [-0.3, -0.25) is 9.59 Å². The summed E-state index contributed by atoms with van der Waals surface area (Å²) < 4.78 is 30.7. The number of hydrogen-bond acceptors (Lipinski definition) is 3. The number of hydrogen-bond donors (Lipinski definition) is 1. The van der Waals surface area contributed by atoms with Gasteiger partial charge in [-0.15, -0.1) is 0 Å². The molecule has 0 aliphatic carbocycles. The van der Waals surface area contributed by atoms with Crippen molar-refractivity contribution in [1.82, 2.24) is 0 Å². The van der Waals surface area contributed by atoms with Gasteiger partial charge in [0.05, 0.1) is 6.42 Å². The molecule has 0 saturated carbocycles. The Morgan fingerprint density at radius 2 is 1.75 bits per heavy atom. The molecule has 0 heterocycles. The molecule has 126 valence electrons. The molecule has 4 nitrogen and oxygen atoms in total. The van der Waals surface area contributed by atoms with Gasteiger partial charge in [0.2, 0.25) is 0 Å². The van der Waals surface area contributed by atoms with Crippen molar-refractivity contribution in [2.45, 2.75) is 20.3 Å². The lowest BCUT2D eigenvalue weighted by Crippen LogP contribution is -2.21. The van der Waals surface area contributed by atoms with Crippen molar-refractivity contribution in [2.24, 2.45) is 0 Å². The Morgan fingerprint density at radius 3 is 2.42 bits per heavy atom. The van der Waals surface area contributed by atoms with Gasteiger partial charge >= 0.3 is 5.97 Å². The maximum absolute atomic E-state index is 13.0. The lowest BCUT2D eigenvalue weighted by Gasteiger charge is -2.08. The molecule has 2 aromatic carbocycles. The van der Waals surface area contributed by atoms with Crippen molar-refractivity contribution < 1.29 is 23.1 Å². The summed E-state index contributed by atoms with van der Waals surface area (Å²) in [6, 6.07) is 8.59. The first-order valence-electron chi connectivity index (χ1n) is 7.32. The third-order valence-electron chi connectivity index (χ3n) is 3.49. The molecule has 2 rings (SSSR count). The van der Waals surface area contributed by atoms with Crippen molar-refractivity contribution in [3.63, 3.8) is 0 Å². The van der Waals surface area contributed by atoms with E-state index in [2.05, 4.69) is 5.32 Å². The van der Waals surface area contributed by atoms with Crippen LogP contribution in [0.25, 0.3) is 0 Å². The number of ether oxygens (including phenoxy) is 1. The lowest BCUT2D eigenvalue weighted by molar-refractivity contribution is -0.146. The molecule has 0 fully saturated rings. The number of nitrogens with one attached hydrogen (secondary N) is 1. The van der Waals surface area contributed by atoms with Gasteiger partial charge < -0.3 is 10.1 Å².